The average Bonchev–Trinajstić information content (AvgIpc) is 2.60. The van der Waals surface area contributed by atoms with Crippen molar-refractivity contribution >= 4 is 37.5 Å². The lowest BCUT2D eigenvalue weighted by atomic mass is 10.2. The highest BCUT2D eigenvalue weighted by atomic mass is 79.9. The van der Waals surface area contributed by atoms with Crippen LogP contribution >= 0.6 is 27.3 Å². The second kappa shape index (κ2) is 4.60. The molecule has 0 radical (unpaired) electrons. The van der Waals surface area contributed by atoms with Gasteiger partial charge in [0.25, 0.3) is 0 Å². The minimum atomic E-state index is 0.0891. The molecule has 1 unspecified atom stereocenters. The normalized spacial score (nSPS) is 13.3. The summed E-state index contributed by atoms with van der Waals surface area (Å²) in [6.07, 6.45) is 2.10. The van der Waals surface area contributed by atoms with Crippen LogP contribution in [0.15, 0.2) is 22.7 Å². The lowest BCUT2D eigenvalue weighted by Crippen LogP contribution is -2.08. The van der Waals surface area contributed by atoms with Crippen molar-refractivity contribution in [3.63, 3.8) is 0 Å². The topological polar surface area (TPSA) is 38.9 Å². The Morgan fingerprint density at radius 2 is 2.33 bits per heavy atom. The molecule has 0 amide bonds. The fourth-order valence-electron chi connectivity index (χ4n) is 1.51. The first-order valence-corrected chi connectivity index (χ1v) is 6.63. The van der Waals surface area contributed by atoms with E-state index in [0.29, 0.717) is 0 Å². The summed E-state index contributed by atoms with van der Waals surface area (Å²) in [6, 6.07) is 6.22. The van der Waals surface area contributed by atoms with E-state index >= 15 is 0 Å². The van der Waals surface area contributed by atoms with Crippen LogP contribution in [-0.2, 0) is 0 Å². The van der Waals surface area contributed by atoms with Gasteiger partial charge in [0.2, 0.25) is 0 Å². The number of nitrogens with zero attached hydrogens (tertiary/aromatic N) is 1. The first-order chi connectivity index (χ1) is 7.20. The van der Waals surface area contributed by atoms with E-state index in [2.05, 4.69) is 33.9 Å². The number of aromatic nitrogens is 1. The molecule has 2 rings (SSSR count). The molecule has 1 atom stereocenters. The molecule has 0 spiro atoms. The minimum absolute atomic E-state index is 0.0891. The van der Waals surface area contributed by atoms with E-state index in [1.54, 1.807) is 11.3 Å². The maximum atomic E-state index is 6.04. The van der Waals surface area contributed by atoms with Crippen molar-refractivity contribution in [2.45, 2.75) is 25.8 Å². The molecular formula is C11H13BrN2S. The zero-order valence-corrected chi connectivity index (χ0v) is 10.9. The van der Waals surface area contributed by atoms with Crippen LogP contribution in [0.25, 0.3) is 10.2 Å². The van der Waals surface area contributed by atoms with Gasteiger partial charge in [0.1, 0.15) is 5.01 Å². The van der Waals surface area contributed by atoms with E-state index in [1.807, 2.05) is 12.1 Å². The highest BCUT2D eigenvalue weighted by molar-refractivity contribution is 9.10. The third-order valence-electron chi connectivity index (χ3n) is 2.28. The zero-order valence-electron chi connectivity index (χ0n) is 8.53. The Labute approximate surface area is 102 Å². The molecule has 0 bridgehead atoms. The molecule has 0 aliphatic heterocycles. The van der Waals surface area contributed by atoms with Crippen molar-refractivity contribution in [2.75, 3.05) is 0 Å². The van der Waals surface area contributed by atoms with E-state index in [0.717, 1.165) is 27.8 Å². The maximum absolute atomic E-state index is 6.04. The molecule has 80 valence electrons. The Morgan fingerprint density at radius 1 is 1.53 bits per heavy atom. The van der Waals surface area contributed by atoms with Crippen molar-refractivity contribution in [2.24, 2.45) is 5.73 Å². The fraction of sp³-hybridized carbons (Fsp3) is 0.364. The summed E-state index contributed by atoms with van der Waals surface area (Å²) < 4.78 is 2.29. The van der Waals surface area contributed by atoms with E-state index in [9.17, 15) is 0 Å². The number of fused-ring (bicyclic) bond motifs is 1. The van der Waals surface area contributed by atoms with Gasteiger partial charge < -0.3 is 5.73 Å². The molecule has 1 aromatic heterocycles. The third-order valence-corrected chi connectivity index (χ3v) is 3.93. The molecule has 2 aromatic rings. The predicted octanol–water partition coefficient (Wildman–Crippen LogP) is 3.86. The lowest BCUT2D eigenvalue weighted by molar-refractivity contribution is 0.636. The largest absolute Gasteiger partial charge is 0.322 e. The first-order valence-electron chi connectivity index (χ1n) is 5.02. The van der Waals surface area contributed by atoms with Gasteiger partial charge in [-0.05, 0) is 24.6 Å². The van der Waals surface area contributed by atoms with E-state index in [4.69, 9.17) is 5.73 Å². The van der Waals surface area contributed by atoms with E-state index < -0.39 is 0 Å². The molecule has 4 heteroatoms. The standard InChI is InChI=1S/C11H13BrN2S/c1-2-3-8(13)11-14-9-5-4-7(12)6-10(9)15-11/h4-6,8H,2-3,13H2,1H3. The highest BCUT2D eigenvalue weighted by Crippen LogP contribution is 2.29. The summed E-state index contributed by atoms with van der Waals surface area (Å²) in [5, 5.41) is 1.05. The van der Waals surface area contributed by atoms with Crippen LogP contribution in [0.1, 0.15) is 30.8 Å². The van der Waals surface area contributed by atoms with Crippen molar-refractivity contribution in [3.05, 3.63) is 27.7 Å². The van der Waals surface area contributed by atoms with Crippen molar-refractivity contribution in [1.82, 2.24) is 4.98 Å². The van der Waals surface area contributed by atoms with Gasteiger partial charge in [-0.2, -0.15) is 0 Å². The monoisotopic (exact) mass is 284 g/mol. The van der Waals surface area contributed by atoms with Gasteiger partial charge in [0.15, 0.2) is 0 Å². The summed E-state index contributed by atoms with van der Waals surface area (Å²) in [6.45, 7) is 2.14. The van der Waals surface area contributed by atoms with Crippen LogP contribution in [0.4, 0.5) is 0 Å². The van der Waals surface area contributed by atoms with Crippen LogP contribution in [0.5, 0.6) is 0 Å². The Kier molecular flexibility index (Phi) is 3.38. The maximum Gasteiger partial charge on any atom is 0.111 e. The second-order valence-electron chi connectivity index (χ2n) is 3.56. The van der Waals surface area contributed by atoms with E-state index in [1.165, 1.54) is 4.70 Å². The van der Waals surface area contributed by atoms with Crippen molar-refractivity contribution in [3.8, 4) is 0 Å². The van der Waals surface area contributed by atoms with E-state index in [-0.39, 0.29) is 6.04 Å². The Hall–Kier alpha value is -0.450. The number of thiazole rings is 1. The molecule has 0 saturated carbocycles. The van der Waals surface area contributed by atoms with Crippen LogP contribution < -0.4 is 5.73 Å². The van der Waals surface area contributed by atoms with Crippen LogP contribution in [0, 0.1) is 0 Å². The summed E-state index contributed by atoms with van der Waals surface area (Å²) in [4.78, 5) is 4.55. The zero-order chi connectivity index (χ0) is 10.8. The minimum Gasteiger partial charge on any atom is -0.322 e. The summed E-state index contributed by atoms with van der Waals surface area (Å²) in [5.41, 5.74) is 7.09. The lowest BCUT2D eigenvalue weighted by Gasteiger charge is -2.04. The molecular weight excluding hydrogens is 272 g/mol. The van der Waals surface area contributed by atoms with Crippen LogP contribution in [0.2, 0.25) is 0 Å². The molecule has 2 nitrogen and oxygen atoms in total. The van der Waals surface area contributed by atoms with Gasteiger partial charge in [0.05, 0.1) is 16.3 Å². The first kappa shape index (κ1) is 11.0. The summed E-state index contributed by atoms with van der Waals surface area (Å²) in [7, 11) is 0. The van der Waals surface area contributed by atoms with Gasteiger partial charge in [-0.25, -0.2) is 4.98 Å². The fourth-order valence-corrected chi connectivity index (χ4v) is 3.06. The third kappa shape index (κ3) is 2.38. The average molecular weight is 285 g/mol. The number of halogens is 1. The van der Waals surface area contributed by atoms with Gasteiger partial charge in [-0.15, -0.1) is 11.3 Å². The number of rotatable bonds is 3. The van der Waals surface area contributed by atoms with Gasteiger partial charge in [0, 0.05) is 4.47 Å². The van der Waals surface area contributed by atoms with Gasteiger partial charge in [-0.1, -0.05) is 29.3 Å². The van der Waals surface area contributed by atoms with Crippen LogP contribution in [0.3, 0.4) is 0 Å². The molecule has 1 aromatic carbocycles. The molecule has 0 aliphatic carbocycles. The number of hydrogen-bond donors (Lipinski definition) is 1. The number of benzene rings is 1. The Bertz CT molecular complexity index is 467. The van der Waals surface area contributed by atoms with Crippen LogP contribution in [-0.4, -0.2) is 4.98 Å². The molecule has 0 aliphatic rings. The highest BCUT2D eigenvalue weighted by Gasteiger charge is 2.10. The quantitative estimate of drug-likeness (QED) is 0.930. The molecule has 1 heterocycles. The molecule has 0 saturated heterocycles. The summed E-state index contributed by atoms with van der Waals surface area (Å²) in [5.74, 6) is 0. The Morgan fingerprint density at radius 3 is 3.07 bits per heavy atom. The van der Waals surface area contributed by atoms with Crippen molar-refractivity contribution in [1.29, 1.82) is 0 Å². The van der Waals surface area contributed by atoms with Gasteiger partial charge >= 0.3 is 0 Å². The number of nitrogens with two attached hydrogens (primary N) is 1. The second-order valence-corrected chi connectivity index (χ2v) is 5.54. The predicted molar refractivity (Wildman–Crippen MR) is 69.2 cm³/mol. The number of hydrogen-bond acceptors (Lipinski definition) is 3. The SMILES string of the molecule is CCCC(N)c1nc2ccc(Br)cc2s1. The molecule has 15 heavy (non-hydrogen) atoms. The van der Waals surface area contributed by atoms with Crippen molar-refractivity contribution < 1.29 is 0 Å². The smallest absolute Gasteiger partial charge is 0.111 e. The molecule has 0 fully saturated rings. The summed E-state index contributed by atoms with van der Waals surface area (Å²) >= 11 is 5.15. The van der Waals surface area contributed by atoms with Gasteiger partial charge in [-0.3, -0.25) is 0 Å². The Balaban J connectivity index is 2.38. The molecule has 2 N–H and O–H groups in total.